The molecule has 0 radical (unpaired) electrons. The number of aromatic nitrogens is 1. The van der Waals surface area contributed by atoms with Gasteiger partial charge in [-0.3, -0.25) is 4.79 Å². The first-order chi connectivity index (χ1) is 11.2. The number of fused-ring (bicyclic) bond motifs is 1. The maximum atomic E-state index is 12.8. The summed E-state index contributed by atoms with van der Waals surface area (Å²) in [7, 11) is -3.26. The van der Waals surface area contributed by atoms with Gasteiger partial charge in [-0.15, -0.1) is 0 Å². The number of sulfonamides is 1. The average Bonchev–Trinajstić information content (AvgIpc) is 2.89. The molecule has 2 heterocycles. The molecular weight excluding hydrogens is 326 g/mol. The van der Waals surface area contributed by atoms with Gasteiger partial charge in [-0.2, -0.15) is 0 Å². The number of nitrogens with zero attached hydrogens (tertiary/aromatic N) is 1. The third-order valence-corrected chi connectivity index (χ3v) is 5.17. The molecule has 0 unspecified atom stereocenters. The number of carbonyl (C=O) groups is 1. The monoisotopic (exact) mass is 349 g/mol. The van der Waals surface area contributed by atoms with E-state index < -0.39 is 10.0 Å². The molecule has 1 amide bonds. The molecule has 6 nitrogen and oxygen atoms in total. The molecule has 1 aliphatic heterocycles. The highest BCUT2D eigenvalue weighted by Gasteiger charge is 2.27. The van der Waals surface area contributed by atoms with Crippen LogP contribution in [0.5, 0.6) is 0 Å². The number of aryl methyl sites for hydroxylation is 2. The molecule has 1 aromatic carbocycles. The molecule has 1 atom stereocenters. The topological polar surface area (TPSA) is 82.3 Å². The lowest BCUT2D eigenvalue weighted by atomic mass is 10.1. The van der Waals surface area contributed by atoms with Crippen LogP contribution in [0.1, 0.15) is 34.5 Å². The van der Waals surface area contributed by atoms with Gasteiger partial charge in [0.1, 0.15) is 5.69 Å². The number of likely N-dealkylation sites (tertiary alicyclic amines) is 1. The number of rotatable bonds is 3. The van der Waals surface area contributed by atoms with E-state index in [-0.39, 0.29) is 11.9 Å². The second-order valence-corrected chi connectivity index (χ2v) is 8.49. The Labute approximate surface area is 142 Å². The van der Waals surface area contributed by atoms with Crippen molar-refractivity contribution < 1.29 is 13.2 Å². The predicted molar refractivity (Wildman–Crippen MR) is 94.7 cm³/mol. The highest BCUT2D eigenvalue weighted by atomic mass is 32.2. The van der Waals surface area contributed by atoms with Crippen LogP contribution < -0.4 is 4.72 Å². The van der Waals surface area contributed by atoms with E-state index in [0.717, 1.165) is 41.1 Å². The maximum absolute atomic E-state index is 12.8. The fourth-order valence-corrected chi connectivity index (χ4v) is 4.24. The predicted octanol–water partition coefficient (Wildman–Crippen LogP) is 1.94. The first kappa shape index (κ1) is 17.0. The number of hydrogen-bond donors (Lipinski definition) is 2. The van der Waals surface area contributed by atoms with E-state index in [4.69, 9.17) is 0 Å². The first-order valence-corrected chi connectivity index (χ1v) is 9.98. The van der Waals surface area contributed by atoms with Gasteiger partial charge in [0.05, 0.1) is 6.26 Å². The summed E-state index contributed by atoms with van der Waals surface area (Å²) in [6.07, 6.45) is 2.69. The number of carbonyl (C=O) groups excluding carboxylic acids is 1. The maximum Gasteiger partial charge on any atom is 0.270 e. The summed E-state index contributed by atoms with van der Waals surface area (Å²) in [6, 6.07) is 5.80. The fourth-order valence-electron chi connectivity index (χ4n) is 3.45. The number of H-pyrrole nitrogens is 1. The van der Waals surface area contributed by atoms with Crippen LogP contribution in [0.4, 0.5) is 0 Å². The first-order valence-electron chi connectivity index (χ1n) is 8.09. The zero-order valence-corrected chi connectivity index (χ0v) is 15.0. The number of hydrogen-bond acceptors (Lipinski definition) is 3. The quantitative estimate of drug-likeness (QED) is 0.888. The molecule has 1 saturated heterocycles. The number of aromatic amines is 1. The highest BCUT2D eigenvalue weighted by molar-refractivity contribution is 7.88. The molecule has 1 aliphatic rings. The van der Waals surface area contributed by atoms with Crippen LogP contribution in [0.25, 0.3) is 10.9 Å². The lowest BCUT2D eigenvalue weighted by molar-refractivity contribution is 0.0698. The smallest absolute Gasteiger partial charge is 0.270 e. The summed E-state index contributed by atoms with van der Waals surface area (Å²) >= 11 is 0. The minimum atomic E-state index is -3.26. The molecule has 2 N–H and O–H groups in total. The molecular formula is C17H23N3O3S. The van der Waals surface area contributed by atoms with Crippen molar-refractivity contribution in [3.05, 3.63) is 35.0 Å². The Morgan fingerprint density at radius 2 is 2.04 bits per heavy atom. The van der Waals surface area contributed by atoms with Crippen LogP contribution in [-0.2, 0) is 10.0 Å². The number of piperidine rings is 1. The van der Waals surface area contributed by atoms with Crippen LogP contribution >= 0.6 is 0 Å². The van der Waals surface area contributed by atoms with Crippen molar-refractivity contribution in [3.8, 4) is 0 Å². The summed E-state index contributed by atoms with van der Waals surface area (Å²) in [5.74, 6) is -0.0803. The van der Waals surface area contributed by atoms with Crippen LogP contribution in [0, 0.1) is 13.8 Å². The SMILES string of the molecule is Cc1cc(C)c2cc(C(=O)N3CCC[C@H](NS(C)(=O)=O)C3)[nH]c2c1. The molecule has 1 fully saturated rings. The normalized spacial score (nSPS) is 19.0. The van der Waals surface area contributed by atoms with Gasteiger partial charge in [0.2, 0.25) is 10.0 Å². The van der Waals surface area contributed by atoms with Gasteiger partial charge >= 0.3 is 0 Å². The van der Waals surface area contributed by atoms with Gasteiger partial charge < -0.3 is 9.88 Å². The lowest BCUT2D eigenvalue weighted by Crippen LogP contribution is -2.49. The van der Waals surface area contributed by atoms with Gasteiger partial charge in [0.15, 0.2) is 0 Å². The van der Waals surface area contributed by atoms with Crippen LogP contribution in [-0.4, -0.2) is 49.6 Å². The Morgan fingerprint density at radius 1 is 1.29 bits per heavy atom. The number of nitrogens with one attached hydrogen (secondary N) is 2. The van der Waals surface area contributed by atoms with Gasteiger partial charge in [0, 0.05) is 30.0 Å². The fraction of sp³-hybridized carbons (Fsp3) is 0.471. The summed E-state index contributed by atoms with van der Waals surface area (Å²) in [5, 5.41) is 1.05. The Bertz CT molecular complexity index is 886. The Morgan fingerprint density at radius 3 is 2.75 bits per heavy atom. The van der Waals surface area contributed by atoms with E-state index in [1.54, 1.807) is 4.90 Å². The number of benzene rings is 1. The molecule has 0 saturated carbocycles. The Kier molecular flexibility index (Phi) is 4.40. The van der Waals surface area contributed by atoms with E-state index >= 15 is 0 Å². The second kappa shape index (κ2) is 6.22. The van der Waals surface area contributed by atoms with Gasteiger partial charge in [-0.1, -0.05) is 6.07 Å². The minimum absolute atomic E-state index is 0.0803. The largest absolute Gasteiger partial charge is 0.351 e. The molecule has 0 spiro atoms. The van der Waals surface area contributed by atoms with E-state index in [1.807, 2.05) is 26.0 Å². The van der Waals surface area contributed by atoms with Crippen LogP contribution in [0.3, 0.4) is 0 Å². The van der Waals surface area contributed by atoms with Crippen molar-refractivity contribution >= 4 is 26.8 Å². The van der Waals surface area contributed by atoms with Crippen molar-refractivity contribution in [2.75, 3.05) is 19.3 Å². The third-order valence-electron chi connectivity index (χ3n) is 4.41. The van der Waals surface area contributed by atoms with Gasteiger partial charge in [0.25, 0.3) is 5.91 Å². The molecule has 1 aromatic heterocycles. The van der Waals surface area contributed by atoms with E-state index in [2.05, 4.69) is 15.8 Å². The molecule has 130 valence electrons. The Hall–Kier alpha value is -1.86. The van der Waals surface area contributed by atoms with Crippen molar-refractivity contribution in [3.63, 3.8) is 0 Å². The van der Waals surface area contributed by atoms with E-state index in [1.165, 1.54) is 0 Å². The zero-order chi connectivity index (χ0) is 17.5. The van der Waals surface area contributed by atoms with E-state index in [0.29, 0.717) is 18.8 Å². The second-order valence-electron chi connectivity index (χ2n) is 6.71. The van der Waals surface area contributed by atoms with Crippen LogP contribution in [0.2, 0.25) is 0 Å². The molecule has 24 heavy (non-hydrogen) atoms. The summed E-state index contributed by atoms with van der Waals surface area (Å²) < 4.78 is 25.4. The summed E-state index contributed by atoms with van der Waals surface area (Å²) in [4.78, 5) is 17.7. The average molecular weight is 349 g/mol. The van der Waals surface area contributed by atoms with Crippen molar-refractivity contribution in [1.82, 2.24) is 14.6 Å². The minimum Gasteiger partial charge on any atom is -0.351 e. The molecule has 2 aromatic rings. The molecule has 0 bridgehead atoms. The van der Waals surface area contributed by atoms with Gasteiger partial charge in [-0.05, 0) is 49.9 Å². The van der Waals surface area contributed by atoms with Crippen molar-refractivity contribution in [1.29, 1.82) is 0 Å². The summed E-state index contributed by atoms with van der Waals surface area (Å²) in [6.45, 7) is 5.11. The summed E-state index contributed by atoms with van der Waals surface area (Å²) in [5.41, 5.74) is 3.80. The van der Waals surface area contributed by atoms with Gasteiger partial charge in [-0.25, -0.2) is 13.1 Å². The standard InChI is InChI=1S/C17H23N3O3S/c1-11-7-12(2)14-9-16(18-15(14)8-11)17(21)20-6-4-5-13(10-20)19-24(3,22)23/h7-9,13,18-19H,4-6,10H2,1-3H3/t13-/m0/s1. The third kappa shape index (κ3) is 3.62. The van der Waals surface area contributed by atoms with Crippen LogP contribution in [0.15, 0.2) is 18.2 Å². The van der Waals surface area contributed by atoms with Crippen molar-refractivity contribution in [2.24, 2.45) is 0 Å². The zero-order valence-electron chi connectivity index (χ0n) is 14.2. The molecule has 0 aliphatic carbocycles. The van der Waals surface area contributed by atoms with E-state index in [9.17, 15) is 13.2 Å². The van der Waals surface area contributed by atoms with Crippen molar-refractivity contribution in [2.45, 2.75) is 32.7 Å². The Balaban J connectivity index is 1.82. The number of amides is 1. The lowest BCUT2D eigenvalue weighted by Gasteiger charge is -2.32. The highest BCUT2D eigenvalue weighted by Crippen LogP contribution is 2.23. The molecule has 3 rings (SSSR count). The molecule has 7 heteroatoms.